The molecule has 0 aromatic carbocycles. The van der Waals surface area contributed by atoms with E-state index in [0.717, 1.165) is 48.6 Å². The molecule has 7 heteroatoms. The van der Waals surface area contributed by atoms with E-state index < -0.39 is 0 Å². The number of rotatable bonds is 2. The Bertz CT molecular complexity index is 639. The van der Waals surface area contributed by atoms with E-state index in [1.165, 1.54) is 11.5 Å². The van der Waals surface area contributed by atoms with Crippen LogP contribution in [0.25, 0.3) is 0 Å². The quantitative estimate of drug-likeness (QED) is 0.846. The van der Waals surface area contributed by atoms with Crippen LogP contribution in [0.3, 0.4) is 0 Å². The molecule has 1 aliphatic heterocycles. The minimum absolute atomic E-state index is 0.0452. The zero-order valence-electron chi connectivity index (χ0n) is 13.6. The van der Waals surface area contributed by atoms with Crippen molar-refractivity contribution in [3.8, 4) is 0 Å². The fourth-order valence-electron chi connectivity index (χ4n) is 2.47. The average molecular weight is 318 g/mol. The topological polar surface area (TPSA) is 58.0 Å². The number of aromatic nitrogens is 4. The SMILES string of the molecule is Cc1nsc(N2CCN(c3cc(C(C)(C)C)ncn3)CC2)n1. The summed E-state index contributed by atoms with van der Waals surface area (Å²) in [6.45, 7) is 12.2. The molecule has 0 saturated carbocycles. The second-order valence-electron chi connectivity index (χ2n) is 6.61. The number of hydrogen-bond acceptors (Lipinski definition) is 7. The van der Waals surface area contributed by atoms with E-state index >= 15 is 0 Å². The van der Waals surface area contributed by atoms with E-state index in [1.807, 2.05) is 6.92 Å². The Hall–Kier alpha value is -1.76. The van der Waals surface area contributed by atoms with Crippen molar-refractivity contribution in [1.82, 2.24) is 19.3 Å². The molecule has 22 heavy (non-hydrogen) atoms. The molecule has 0 unspecified atom stereocenters. The van der Waals surface area contributed by atoms with Crippen LogP contribution in [0.4, 0.5) is 10.9 Å². The molecular weight excluding hydrogens is 296 g/mol. The number of aryl methyl sites for hydroxylation is 1. The van der Waals surface area contributed by atoms with Crippen LogP contribution in [0.2, 0.25) is 0 Å². The van der Waals surface area contributed by atoms with Crippen LogP contribution in [-0.4, -0.2) is 45.5 Å². The van der Waals surface area contributed by atoms with Crippen molar-refractivity contribution in [3.63, 3.8) is 0 Å². The van der Waals surface area contributed by atoms with Gasteiger partial charge < -0.3 is 9.80 Å². The van der Waals surface area contributed by atoms with Crippen molar-refractivity contribution in [2.24, 2.45) is 0 Å². The normalized spacial score (nSPS) is 16.2. The fourth-order valence-corrected chi connectivity index (χ4v) is 3.20. The Labute approximate surface area is 135 Å². The Morgan fingerprint density at radius 3 is 2.32 bits per heavy atom. The van der Waals surface area contributed by atoms with Gasteiger partial charge in [-0.3, -0.25) is 0 Å². The average Bonchev–Trinajstić information content (AvgIpc) is 2.93. The summed E-state index contributed by atoms with van der Waals surface area (Å²) >= 11 is 1.48. The van der Waals surface area contributed by atoms with E-state index in [2.05, 4.69) is 56.0 Å². The van der Waals surface area contributed by atoms with Gasteiger partial charge in [-0.1, -0.05) is 20.8 Å². The standard InChI is InChI=1S/C15H22N6S/c1-11-18-14(22-19-11)21-7-5-20(6-8-21)13-9-12(15(2,3)4)16-10-17-13/h9-10H,5-8H2,1-4H3. The van der Waals surface area contributed by atoms with Crippen molar-refractivity contribution in [3.05, 3.63) is 23.9 Å². The zero-order chi connectivity index (χ0) is 15.7. The zero-order valence-corrected chi connectivity index (χ0v) is 14.4. The van der Waals surface area contributed by atoms with Crippen molar-refractivity contribution < 1.29 is 0 Å². The van der Waals surface area contributed by atoms with E-state index in [4.69, 9.17) is 0 Å². The van der Waals surface area contributed by atoms with Crippen molar-refractivity contribution in [2.75, 3.05) is 36.0 Å². The molecule has 2 aromatic rings. The third-order valence-electron chi connectivity index (χ3n) is 3.81. The number of hydrogen-bond donors (Lipinski definition) is 0. The Morgan fingerprint density at radius 2 is 1.73 bits per heavy atom. The molecule has 0 radical (unpaired) electrons. The summed E-state index contributed by atoms with van der Waals surface area (Å²) in [5.41, 5.74) is 1.13. The highest BCUT2D eigenvalue weighted by Gasteiger charge is 2.22. The van der Waals surface area contributed by atoms with Crippen LogP contribution < -0.4 is 9.80 Å². The molecule has 0 aliphatic carbocycles. The molecule has 118 valence electrons. The number of nitrogens with zero attached hydrogens (tertiary/aromatic N) is 6. The molecule has 0 atom stereocenters. The van der Waals surface area contributed by atoms with Gasteiger partial charge in [0.2, 0.25) is 5.13 Å². The summed E-state index contributed by atoms with van der Waals surface area (Å²) in [6, 6.07) is 2.12. The van der Waals surface area contributed by atoms with Crippen LogP contribution in [0, 0.1) is 6.92 Å². The van der Waals surface area contributed by atoms with Gasteiger partial charge in [0.1, 0.15) is 18.0 Å². The van der Waals surface area contributed by atoms with Crippen LogP contribution in [0.15, 0.2) is 12.4 Å². The maximum absolute atomic E-state index is 4.47. The first kappa shape index (κ1) is 15.1. The lowest BCUT2D eigenvalue weighted by Gasteiger charge is -2.35. The molecule has 0 bridgehead atoms. The van der Waals surface area contributed by atoms with Gasteiger partial charge in [0.15, 0.2) is 0 Å². The number of anilines is 2. The fraction of sp³-hybridized carbons (Fsp3) is 0.600. The summed E-state index contributed by atoms with van der Waals surface area (Å²) < 4.78 is 4.26. The summed E-state index contributed by atoms with van der Waals surface area (Å²) in [5.74, 6) is 1.88. The molecule has 0 amide bonds. The molecule has 2 aromatic heterocycles. The molecule has 3 rings (SSSR count). The smallest absolute Gasteiger partial charge is 0.205 e. The summed E-state index contributed by atoms with van der Waals surface area (Å²) in [4.78, 5) is 17.9. The molecule has 1 aliphatic rings. The minimum Gasteiger partial charge on any atom is -0.353 e. The monoisotopic (exact) mass is 318 g/mol. The largest absolute Gasteiger partial charge is 0.353 e. The molecule has 0 spiro atoms. The summed E-state index contributed by atoms with van der Waals surface area (Å²) in [7, 11) is 0. The highest BCUT2D eigenvalue weighted by molar-refractivity contribution is 7.09. The third kappa shape index (κ3) is 3.19. The molecule has 6 nitrogen and oxygen atoms in total. The lowest BCUT2D eigenvalue weighted by Crippen LogP contribution is -2.47. The van der Waals surface area contributed by atoms with Gasteiger partial charge in [-0.05, 0) is 6.92 Å². The predicted octanol–water partition coefficient (Wildman–Crippen LogP) is 2.26. The minimum atomic E-state index is 0.0452. The maximum atomic E-state index is 4.47. The van der Waals surface area contributed by atoms with Gasteiger partial charge in [-0.15, -0.1) is 0 Å². The highest BCUT2D eigenvalue weighted by Crippen LogP contribution is 2.24. The predicted molar refractivity (Wildman–Crippen MR) is 89.8 cm³/mol. The molecule has 0 N–H and O–H groups in total. The Kier molecular flexibility index (Phi) is 3.99. The highest BCUT2D eigenvalue weighted by atomic mass is 32.1. The van der Waals surface area contributed by atoms with Gasteiger partial charge in [0.25, 0.3) is 0 Å². The van der Waals surface area contributed by atoms with Crippen molar-refractivity contribution in [2.45, 2.75) is 33.1 Å². The molecule has 1 fully saturated rings. The van der Waals surface area contributed by atoms with E-state index in [-0.39, 0.29) is 5.41 Å². The third-order valence-corrected chi connectivity index (χ3v) is 4.68. The van der Waals surface area contributed by atoms with Gasteiger partial charge >= 0.3 is 0 Å². The van der Waals surface area contributed by atoms with Crippen molar-refractivity contribution in [1.29, 1.82) is 0 Å². The van der Waals surface area contributed by atoms with Gasteiger partial charge in [-0.2, -0.15) is 4.37 Å². The lowest BCUT2D eigenvalue weighted by atomic mass is 9.92. The summed E-state index contributed by atoms with van der Waals surface area (Å²) in [5, 5.41) is 1.02. The van der Waals surface area contributed by atoms with Crippen LogP contribution in [0.5, 0.6) is 0 Å². The van der Waals surface area contributed by atoms with Gasteiger partial charge in [0.05, 0.1) is 5.69 Å². The van der Waals surface area contributed by atoms with Gasteiger partial charge in [0, 0.05) is 49.2 Å². The molecule has 1 saturated heterocycles. The van der Waals surface area contributed by atoms with Crippen molar-refractivity contribution >= 4 is 22.5 Å². The first-order valence-corrected chi connectivity index (χ1v) is 8.33. The van der Waals surface area contributed by atoms with Crippen LogP contribution in [-0.2, 0) is 5.41 Å². The molecule has 3 heterocycles. The number of piperazine rings is 1. The second-order valence-corrected chi connectivity index (χ2v) is 7.34. The molecular formula is C15H22N6S. The van der Waals surface area contributed by atoms with Crippen LogP contribution in [0.1, 0.15) is 32.3 Å². The Morgan fingerprint density at radius 1 is 1.05 bits per heavy atom. The van der Waals surface area contributed by atoms with E-state index in [0.29, 0.717) is 0 Å². The second kappa shape index (κ2) is 5.79. The maximum Gasteiger partial charge on any atom is 0.205 e. The summed E-state index contributed by atoms with van der Waals surface area (Å²) in [6.07, 6.45) is 1.68. The van der Waals surface area contributed by atoms with E-state index in [9.17, 15) is 0 Å². The van der Waals surface area contributed by atoms with Crippen LogP contribution >= 0.6 is 11.5 Å². The van der Waals surface area contributed by atoms with E-state index in [1.54, 1.807) is 6.33 Å². The first-order valence-electron chi connectivity index (χ1n) is 7.56. The first-order chi connectivity index (χ1) is 10.4. The lowest BCUT2D eigenvalue weighted by molar-refractivity contribution is 0.564. The Balaban J connectivity index is 1.69. The van der Waals surface area contributed by atoms with Gasteiger partial charge in [-0.25, -0.2) is 15.0 Å².